The Labute approximate surface area is 141 Å². The Morgan fingerprint density at radius 1 is 1.43 bits per heavy atom. The topological polar surface area (TPSA) is 48.0 Å². The van der Waals surface area contributed by atoms with Crippen LogP contribution in [-0.4, -0.2) is 55.9 Å². The maximum absolute atomic E-state index is 13.0. The van der Waals surface area contributed by atoms with Crippen molar-refractivity contribution in [2.75, 3.05) is 26.9 Å². The smallest absolute Gasteiger partial charge is 0.254 e. The van der Waals surface area contributed by atoms with Crippen molar-refractivity contribution in [2.24, 2.45) is 0 Å². The number of carbonyl (C=O) groups is 1. The fraction of sp³-hybridized carbons (Fsp3) is 0.588. The van der Waals surface area contributed by atoms with Crippen LogP contribution >= 0.6 is 11.6 Å². The van der Waals surface area contributed by atoms with Crippen molar-refractivity contribution < 1.29 is 19.0 Å². The van der Waals surface area contributed by atoms with E-state index in [1.807, 2.05) is 11.8 Å². The van der Waals surface area contributed by atoms with Crippen LogP contribution in [0.2, 0.25) is 5.02 Å². The summed E-state index contributed by atoms with van der Waals surface area (Å²) in [6.45, 7) is 3.71. The van der Waals surface area contributed by atoms with Gasteiger partial charge in [0.05, 0.1) is 30.9 Å². The largest absolute Gasteiger partial charge is 0.495 e. The van der Waals surface area contributed by atoms with Gasteiger partial charge in [-0.1, -0.05) is 11.6 Å². The Morgan fingerprint density at radius 3 is 2.96 bits per heavy atom. The van der Waals surface area contributed by atoms with Crippen molar-refractivity contribution in [1.82, 2.24) is 4.90 Å². The van der Waals surface area contributed by atoms with Crippen LogP contribution in [0.15, 0.2) is 18.2 Å². The van der Waals surface area contributed by atoms with Crippen LogP contribution in [0.25, 0.3) is 0 Å². The van der Waals surface area contributed by atoms with Crippen molar-refractivity contribution >= 4 is 17.5 Å². The molecule has 1 heterocycles. The molecule has 1 amide bonds. The van der Waals surface area contributed by atoms with Crippen molar-refractivity contribution in [3.8, 4) is 5.75 Å². The number of hydrogen-bond donors (Lipinski definition) is 0. The summed E-state index contributed by atoms with van der Waals surface area (Å²) >= 11 is 6.16. The maximum Gasteiger partial charge on any atom is 0.254 e. The van der Waals surface area contributed by atoms with Crippen LogP contribution in [0.1, 0.15) is 30.1 Å². The second-order valence-corrected chi connectivity index (χ2v) is 6.23. The molecule has 3 rings (SSSR count). The van der Waals surface area contributed by atoms with E-state index in [0.29, 0.717) is 36.1 Å². The van der Waals surface area contributed by atoms with Gasteiger partial charge in [-0.25, -0.2) is 0 Å². The van der Waals surface area contributed by atoms with Crippen LogP contribution in [-0.2, 0) is 9.47 Å². The van der Waals surface area contributed by atoms with E-state index in [0.717, 1.165) is 12.8 Å². The quantitative estimate of drug-likeness (QED) is 0.846. The van der Waals surface area contributed by atoms with E-state index in [1.54, 1.807) is 25.3 Å². The number of hydrogen-bond acceptors (Lipinski definition) is 4. The first-order valence-electron chi connectivity index (χ1n) is 8.03. The monoisotopic (exact) mass is 339 g/mol. The van der Waals surface area contributed by atoms with E-state index in [9.17, 15) is 4.79 Å². The van der Waals surface area contributed by atoms with E-state index in [2.05, 4.69) is 0 Å². The van der Waals surface area contributed by atoms with E-state index in [-0.39, 0.29) is 24.2 Å². The molecule has 1 aliphatic heterocycles. The Bertz CT molecular complexity index is 580. The normalized spacial score (nSPS) is 26.9. The molecule has 2 fully saturated rings. The number of nitrogens with zero attached hydrogens (tertiary/aromatic N) is 1. The number of benzene rings is 1. The molecule has 1 aromatic carbocycles. The van der Waals surface area contributed by atoms with Gasteiger partial charge >= 0.3 is 0 Å². The molecule has 2 aliphatic rings. The first kappa shape index (κ1) is 16.6. The van der Waals surface area contributed by atoms with Crippen molar-refractivity contribution in [2.45, 2.75) is 38.0 Å². The third-order valence-electron chi connectivity index (χ3n) is 4.58. The Balaban J connectivity index is 1.84. The molecule has 0 spiro atoms. The first-order chi connectivity index (χ1) is 11.2. The molecule has 0 N–H and O–H groups in total. The van der Waals surface area contributed by atoms with Gasteiger partial charge in [-0.05, 0) is 38.0 Å². The molecule has 1 saturated heterocycles. The highest BCUT2D eigenvalue weighted by Gasteiger charge is 2.44. The van der Waals surface area contributed by atoms with Crippen LogP contribution in [0.5, 0.6) is 5.75 Å². The van der Waals surface area contributed by atoms with Crippen LogP contribution < -0.4 is 4.74 Å². The average Bonchev–Trinajstić information content (AvgIpc) is 2.83. The number of fused-ring (bicyclic) bond motifs is 2. The highest BCUT2D eigenvalue weighted by atomic mass is 35.5. The Hall–Kier alpha value is -1.30. The molecule has 6 heteroatoms. The molecule has 1 aromatic rings. The van der Waals surface area contributed by atoms with Gasteiger partial charge in [-0.3, -0.25) is 4.79 Å². The summed E-state index contributed by atoms with van der Waals surface area (Å²) in [6, 6.07) is 5.20. The highest BCUT2D eigenvalue weighted by Crippen LogP contribution is 2.33. The van der Waals surface area contributed by atoms with E-state index in [1.165, 1.54) is 0 Å². The SMILES string of the molecule is CCO[C@@H]1[C@H]2CC[C@H]1OCCN2C(=O)c1ccc(OC)c(Cl)c1. The third kappa shape index (κ3) is 3.18. The van der Waals surface area contributed by atoms with E-state index in [4.69, 9.17) is 25.8 Å². The van der Waals surface area contributed by atoms with Gasteiger partial charge in [-0.2, -0.15) is 0 Å². The Kier molecular flexibility index (Phi) is 5.09. The lowest BCUT2D eigenvalue weighted by Crippen LogP contribution is -2.46. The molecule has 2 bridgehead atoms. The summed E-state index contributed by atoms with van der Waals surface area (Å²) < 4.78 is 16.9. The number of halogens is 1. The molecular formula is C17H22ClNO4. The minimum absolute atomic E-state index is 0.0320. The van der Waals surface area contributed by atoms with Crippen molar-refractivity contribution in [1.29, 1.82) is 0 Å². The van der Waals surface area contributed by atoms with E-state index < -0.39 is 0 Å². The molecule has 0 aromatic heterocycles. The summed E-state index contributed by atoms with van der Waals surface area (Å²) in [5, 5.41) is 0.440. The fourth-order valence-electron chi connectivity index (χ4n) is 3.52. The van der Waals surface area contributed by atoms with Gasteiger partial charge in [0.1, 0.15) is 11.9 Å². The van der Waals surface area contributed by atoms with Crippen molar-refractivity contribution in [3.05, 3.63) is 28.8 Å². The number of ether oxygens (including phenoxy) is 3. The van der Waals surface area contributed by atoms with Gasteiger partial charge in [0, 0.05) is 18.7 Å². The second-order valence-electron chi connectivity index (χ2n) is 5.82. The fourth-order valence-corrected chi connectivity index (χ4v) is 3.78. The van der Waals surface area contributed by atoms with E-state index >= 15 is 0 Å². The van der Waals surface area contributed by atoms with Crippen LogP contribution in [0.4, 0.5) is 0 Å². The number of carbonyl (C=O) groups excluding carboxylic acids is 1. The number of amides is 1. The lowest BCUT2D eigenvalue weighted by atomic mass is 10.1. The summed E-state index contributed by atoms with van der Waals surface area (Å²) in [4.78, 5) is 14.8. The minimum Gasteiger partial charge on any atom is -0.495 e. The second kappa shape index (κ2) is 7.07. The first-order valence-corrected chi connectivity index (χ1v) is 8.41. The molecular weight excluding hydrogens is 318 g/mol. The zero-order chi connectivity index (χ0) is 16.4. The maximum atomic E-state index is 13.0. The molecule has 5 nitrogen and oxygen atoms in total. The molecule has 126 valence electrons. The predicted octanol–water partition coefficient (Wildman–Crippen LogP) is 2.76. The van der Waals surface area contributed by atoms with Crippen LogP contribution in [0.3, 0.4) is 0 Å². The molecule has 0 radical (unpaired) electrons. The lowest BCUT2D eigenvalue weighted by molar-refractivity contribution is -0.0484. The Morgan fingerprint density at radius 2 is 2.26 bits per heavy atom. The summed E-state index contributed by atoms with van der Waals surface area (Å²) in [6.07, 6.45) is 1.89. The van der Waals surface area contributed by atoms with Crippen molar-refractivity contribution in [3.63, 3.8) is 0 Å². The molecule has 1 aliphatic carbocycles. The van der Waals surface area contributed by atoms with Gasteiger partial charge in [0.25, 0.3) is 5.91 Å². The molecule has 23 heavy (non-hydrogen) atoms. The molecule has 3 atom stereocenters. The zero-order valence-corrected chi connectivity index (χ0v) is 14.2. The molecule has 1 saturated carbocycles. The molecule has 0 unspecified atom stereocenters. The summed E-state index contributed by atoms with van der Waals surface area (Å²) in [5.74, 6) is 0.533. The third-order valence-corrected chi connectivity index (χ3v) is 4.87. The average molecular weight is 340 g/mol. The minimum atomic E-state index is -0.0415. The highest BCUT2D eigenvalue weighted by molar-refractivity contribution is 6.32. The predicted molar refractivity (Wildman–Crippen MR) is 87.2 cm³/mol. The summed E-state index contributed by atoms with van der Waals surface area (Å²) in [7, 11) is 1.56. The lowest BCUT2D eigenvalue weighted by Gasteiger charge is -2.31. The van der Waals surface area contributed by atoms with Gasteiger partial charge < -0.3 is 19.1 Å². The summed E-state index contributed by atoms with van der Waals surface area (Å²) in [5.41, 5.74) is 0.566. The van der Waals surface area contributed by atoms with Gasteiger partial charge in [0.2, 0.25) is 0 Å². The number of methoxy groups -OCH3 is 1. The van der Waals surface area contributed by atoms with Gasteiger partial charge in [-0.15, -0.1) is 0 Å². The van der Waals surface area contributed by atoms with Crippen LogP contribution in [0, 0.1) is 0 Å². The number of rotatable bonds is 4. The zero-order valence-electron chi connectivity index (χ0n) is 13.5. The standard InChI is InChI=1S/C17H22ClNO4/c1-3-22-16-13-5-7-15(16)23-9-8-19(13)17(20)11-4-6-14(21-2)12(18)10-11/h4,6,10,13,15-16H,3,5,7-9H2,1-2H3/t13-,15-,16-/m1/s1. The van der Waals surface area contributed by atoms with Gasteiger partial charge in [0.15, 0.2) is 0 Å².